The minimum Gasteiger partial charge on any atom is -0.444 e. The van der Waals surface area contributed by atoms with Crippen LogP contribution in [-0.2, 0) is 16.1 Å². The molecular formula is C12H17N3O3. The number of amides is 2. The molecule has 2 heterocycles. The van der Waals surface area contributed by atoms with Crippen LogP contribution in [0.5, 0.6) is 0 Å². The van der Waals surface area contributed by atoms with Crippen molar-refractivity contribution in [2.24, 2.45) is 0 Å². The summed E-state index contributed by atoms with van der Waals surface area (Å²) in [4.78, 5) is 29.4. The Kier molecular flexibility index (Phi) is 2.88. The molecule has 0 saturated carbocycles. The highest BCUT2D eigenvalue weighted by molar-refractivity contribution is 5.97. The lowest BCUT2D eigenvalue weighted by molar-refractivity contribution is -0.149. The number of carbonyl (C=O) groups excluding carboxylic acids is 2. The molecule has 1 saturated heterocycles. The number of rotatable bonds is 2. The second-order valence-corrected chi connectivity index (χ2v) is 5.08. The first-order valence-corrected chi connectivity index (χ1v) is 5.83. The molecule has 0 aromatic carbocycles. The zero-order valence-electron chi connectivity index (χ0n) is 11.0. The smallest absolute Gasteiger partial charge is 0.248 e. The van der Waals surface area contributed by atoms with E-state index in [4.69, 9.17) is 4.42 Å². The molecule has 0 aliphatic carbocycles. The summed E-state index contributed by atoms with van der Waals surface area (Å²) in [5.41, 5.74) is -0.0652. The molecular weight excluding hydrogens is 234 g/mol. The zero-order valence-corrected chi connectivity index (χ0v) is 11.0. The number of hydrogen-bond donors (Lipinski definition) is 1. The Bertz CT molecular complexity index is 485. The minimum absolute atomic E-state index is 0.0444. The van der Waals surface area contributed by atoms with Gasteiger partial charge in [-0.1, -0.05) is 0 Å². The summed E-state index contributed by atoms with van der Waals surface area (Å²) in [5.74, 6) is 0.900. The van der Waals surface area contributed by atoms with Crippen LogP contribution in [0.25, 0.3) is 0 Å². The van der Waals surface area contributed by atoms with Gasteiger partial charge >= 0.3 is 0 Å². The Morgan fingerprint density at radius 3 is 2.61 bits per heavy atom. The Morgan fingerprint density at radius 2 is 2.06 bits per heavy atom. The van der Waals surface area contributed by atoms with Crippen molar-refractivity contribution < 1.29 is 14.0 Å². The van der Waals surface area contributed by atoms with Crippen LogP contribution >= 0.6 is 0 Å². The maximum atomic E-state index is 12.1. The quantitative estimate of drug-likeness (QED) is 0.831. The third-order valence-corrected chi connectivity index (χ3v) is 3.01. The standard InChI is InChI=1S/C12H17N3O3/c1-7-8(2)18-10(13-7)6-15-5-9(16)14-12(3,4)11(15)17/h5-6H2,1-4H3,(H,14,16). The van der Waals surface area contributed by atoms with Crippen LogP contribution in [0, 0.1) is 13.8 Å². The topological polar surface area (TPSA) is 75.4 Å². The molecule has 6 nitrogen and oxygen atoms in total. The Balaban J connectivity index is 2.17. The van der Waals surface area contributed by atoms with Crippen molar-refractivity contribution >= 4 is 11.8 Å². The summed E-state index contributed by atoms with van der Waals surface area (Å²) in [6.07, 6.45) is 0. The second-order valence-electron chi connectivity index (χ2n) is 5.08. The molecule has 0 spiro atoms. The molecule has 0 unspecified atom stereocenters. The van der Waals surface area contributed by atoms with Crippen molar-refractivity contribution in [2.45, 2.75) is 39.8 Å². The third-order valence-electron chi connectivity index (χ3n) is 3.01. The number of nitrogens with one attached hydrogen (secondary N) is 1. The fourth-order valence-corrected chi connectivity index (χ4v) is 1.98. The summed E-state index contributed by atoms with van der Waals surface area (Å²) >= 11 is 0. The molecule has 1 aliphatic heterocycles. The number of nitrogens with zero attached hydrogens (tertiary/aromatic N) is 2. The maximum absolute atomic E-state index is 12.1. The van der Waals surface area contributed by atoms with Crippen LogP contribution in [0.3, 0.4) is 0 Å². The molecule has 1 aromatic rings. The first-order chi connectivity index (χ1) is 8.29. The van der Waals surface area contributed by atoms with Crippen molar-refractivity contribution in [3.05, 3.63) is 17.3 Å². The average molecular weight is 251 g/mol. The lowest BCUT2D eigenvalue weighted by Gasteiger charge is -2.36. The van der Waals surface area contributed by atoms with Gasteiger partial charge in [0.15, 0.2) is 0 Å². The molecule has 0 radical (unpaired) electrons. The first-order valence-electron chi connectivity index (χ1n) is 5.83. The van der Waals surface area contributed by atoms with Crippen LogP contribution in [0.1, 0.15) is 31.2 Å². The Morgan fingerprint density at radius 1 is 1.39 bits per heavy atom. The van der Waals surface area contributed by atoms with Gasteiger partial charge in [0.1, 0.15) is 17.8 Å². The molecule has 1 fully saturated rings. The van der Waals surface area contributed by atoms with Gasteiger partial charge in [-0.25, -0.2) is 4.98 Å². The Hall–Kier alpha value is -1.85. The summed E-state index contributed by atoms with van der Waals surface area (Å²) in [5, 5.41) is 2.66. The number of carbonyl (C=O) groups is 2. The molecule has 1 N–H and O–H groups in total. The van der Waals surface area contributed by atoms with Gasteiger partial charge in [0, 0.05) is 0 Å². The van der Waals surface area contributed by atoms with E-state index in [1.54, 1.807) is 13.8 Å². The lowest BCUT2D eigenvalue weighted by Crippen LogP contribution is -2.63. The van der Waals surface area contributed by atoms with Gasteiger partial charge in [-0.05, 0) is 27.7 Å². The van der Waals surface area contributed by atoms with E-state index < -0.39 is 5.54 Å². The van der Waals surface area contributed by atoms with Gasteiger partial charge in [0.25, 0.3) is 0 Å². The van der Waals surface area contributed by atoms with Gasteiger partial charge in [-0.15, -0.1) is 0 Å². The van der Waals surface area contributed by atoms with E-state index in [-0.39, 0.29) is 24.9 Å². The monoisotopic (exact) mass is 251 g/mol. The van der Waals surface area contributed by atoms with E-state index >= 15 is 0 Å². The van der Waals surface area contributed by atoms with E-state index in [9.17, 15) is 9.59 Å². The Labute approximate surface area is 105 Å². The van der Waals surface area contributed by atoms with Crippen LogP contribution in [0.2, 0.25) is 0 Å². The largest absolute Gasteiger partial charge is 0.444 e. The van der Waals surface area contributed by atoms with E-state index in [1.807, 2.05) is 13.8 Å². The number of aromatic nitrogens is 1. The van der Waals surface area contributed by atoms with Crippen molar-refractivity contribution in [1.29, 1.82) is 0 Å². The molecule has 1 aliphatic rings. The number of oxazole rings is 1. The van der Waals surface area contributed by atoms with Gasteiger partial charge in [-0.2, -0.15) is 0 Å². The first kappa shape index (κ1) is 12.6. The number of piperazine rings is 1. The SMILES string of the molecule is Cc1nc(CN2CC(=O)NC(C)(C)C2=O)oc1C. The average Bonchev–Trinajstić information content (AvgIpc) is 2.53. The van der Waals surface area contributed by atoms with Crippen LogP contribution < -0.4 is 5.32 Å². The van der Waals surface area contributed by atoms with E-state index in [1.165, 1.54) is 4.90 Å². The highest BCUT2D eigenvalue weighted by atomic mass is 16.4. The van der Waals surface area contributed by atoms with Crippen LogP contribution in [0.15, 0.2) is 4.42 Å². The lowest BCUT2D eigenvalue weighted by atomic mass is 10.0. The highest BCUT2D eigenvalue weighted by Crippen LogP contribution is 2.17. The fourth-order valence-electron chi connectivity index (χ4n) is 1.98. The van der Waals surface area contributed by atoms with Crippen molar-refractivity contribution in [1.82, 2.24) is 15.2 Å². The van der Waals surface area contributed by atoms with Crippen molar-refractivity contribution in [2.75, 3.05) is 6.54 Å². The third kappa shape index (κ3) is 2.23. The molecule has 18 heavy (non-hydrogen) atoms. The van der Waals surface area contributed by atoms with E-state index in [0.29, 0.717) is 5.89 Å². The van der Waals surface area contributed by atoms with Gasteiger partial charge in [0.05, 0.1) is 12.2 Å². The maximum Gasteiger partial charge on any atom is 0.248 e. The fraction of sp³-hybridized carbons (Fsp3) is 0.583. The van der Waals surface area contributed by atoms with E-state index in [0.717, 1.165) is 11.5 Å². The molecule has 0 bridgehead atoms. The minimum atomic E-state index is -0.869. The van der Waals surface area contributed by atoms with Crippen LogP contribution in [0.4, 0.5) is 0 Å². The van der Waals surface area contributed by atoms with Gasteiger partial charge in [0.2, 0.25) is 17.7 Å². The molecule has 0 atom stereocenters. The van der Waals surface area contributed by atoms with Crippen molar-refractivity contribution in [3.8, 4) is 0 Å². The molecule has 6 heteroatoms. The summed E-state index contributed by atoms with van der Waals surface area (Å²) in [6.45, 7) is 7.31. The van der Waals surface area contributed by atoms with E-state index in [2.05, 4.69) is 10.3 Å². The normalized spacial score (nSPS) is 19.0. The van der Waals surface area contributed by atoms with Crippen molar-refractivity contribution in [3.63, 3.8) is 0 Å². The molecule has 1 aromatic heterocycles. The highest BCUT2D eigenvalue weighted by Gasteiger charge is 2.39. The molecule has 98 valence electrons. The number of aryl methyl sites for hydroxylation is 2. The summed E-state index contributed by atoms with van der Waals surface area (Å²) < 4.78 is 5.43. The van der Waals surface area contributed by atoms with Crippen LogP contribution in [-0.4, -0.2) is 33.8 Å². The molecule has 2 amide bonds. The van der Waals surface area contributed by atoms with Gasteiger partial charge in [-0.3, -0.25) is 9.59 Å². The molecule has 2 rings (SSSR count). The number of hydrogen-bond acceptors (Lipinski definition) is 4. The zero-order chi connectivity index (χ0) is 13.5. The predicted octanol–water partition coefficient (Wildman–Crippen LogP) is 0.528. The summed E-state index contributed by atoms with van der Waals surface area (Å²) in [6, 6.07) is 0. The second kappa shape index (κ2) is 4.12. The predicted molar refractivity (Wildman–Crippen MR) is 63.6 cm³/mol. The van der Waals surface area contributed by atoms with Gasteiger partial charge < -0.3 is 14.6 Å². The summed E-state index contributed by atoms with van der Waals surface area (Å²) in [7, 11) is 0.